The molecule has 0 saturated heterocycles. The topological polar surface area (TPSA) is 133 Å². The monoisotopic (exact) mass is 456 g/mol. The molecule has 3 aromatic rings. The molecule has 0 fully saturated rings. The van der Waals surface area contributed by atoms with Gasteiger partial charge in [0.25, 0.3) is 5.56 Å². The van der Waals surface area contributed by atoms with Gasteiger partial charge in [-0.2, -0.15) is 0 Å². The van der Waals surface area contributed by atoms with Gasteiger partial charge in [-0.15, -0.1) is 0 Å². The van der Waals surface area contributed by atoms with E-state index in [0.29, 0.717) is 16.7 Å². The number of anilines is 2. The van der Waals surface area contributed by atoms with Gasteiger partial charge < -0.3 is 25.0 Å². The van der Waals surface area contributed by atoms with Gasteiger partial charge in [-0.1, -0.05) is 31.2 Å². The molecule has 9 nitrogen and oxygen atoms in total. The molecule has 1 heterocycles. The number of amides is 1. The van der Waals surface area contributed by atoms with E-state index in [2.05, 4.69) is 20.6 Å². The minimum atomic E-state index is -3.92. The zero-order valence-corrected chi connectivity index (χ0v) is 18.6. The number of hydrogen-bond donors (Lipinski definition) is 4. The largest absolute Gasteiger partial charge is 0.350 e. The molecule has 2 atom stereocenters. The number of hydrogen-bond acceptors (Lipinski definition) is 6. The molecule has 0 spiro atoms. The van der Waals surface area contributed by atoms with Crippen molar-refractivity contribution in [2.24, 2.45) is 0 Å². The molecule has 1 aromatic heterocycles. The van der Waals surface area contributed by atoms with Crippen molar-refractivity contribution in [2.75, 3.05) is 11.9 Å². The molecular weight excluding hydrogens is 431 g/mol. The number of carbonyl (C=O) groups is 1. The third-order valence-corrected chi connectivity index (χ3v) is 6.51. The van der Waals surface area contributed by atoms with Crippen molar-refractivity contribution in [3.05, 3.63) is 70.5 Å². The Morgan fingerprint density at radius 2 is 1.94 bits per heavy atom. The van der Waals surface area contributed by atoms with Gasteiger partial charge in [-0.25, -0.2) is 4.98 Å². The number of fused-ring (bicyclic) bond motifs is 1. The van der Waals surface area contributed by atoms with Crippen LogP contribution >= 0.6 is 7.60 Å². The number of nitrogens with one attached hydrogen (secondary N) is 3. The van der Waals surface area contributed by atoms with Gasteiger partial charge in [0.15, 0.2) is 5.82 Å². The maximum atomic E-state index is 12.2. The molecule has 0 aliphatic carbocycles. The Balaban J connectivity index is 1.65. The Morgan fingerprint density at radius 1 is 1.22 bits per heavy atom. The summed E-state index contributed by atoms with van der Waals surface area (Å²) in [6.45, 7) is 3.39. The lowest BCUT2D eigenvalue weighted by Crippen LogP contribution is -2.33. The van der Waals surface area contributed by atoms with Crippen LogP contribution in [0.4, 0.5) is 11.5 Å². The highest BCUT2D eigenvalue weighted by Gasteiger charge is 2.31. The van der Waals surface area contributed by atoms with Gasteiger partial charge in [0.1, 0.15) is 5.78 Å². The summed E-state index contributed by atoms with van der Waals surface area (Å²) < 4.78 is 17.0. The molecule has 1 amide bonds. The molecule has 0 radical (unpaired) electrons. The average molecular weight is 456 g/mol. The van der Waals surface area contributed by atoms with E-state index in [9.17, 15) is 19.0 Å². The summed E-state index contributed by atoms with van der Waals surface area (Å²) in [5.41, 5.74) is 2.39. The van der Waals surface area contributed by atoms with Gasteiger partial charge in [0, 0.05) is 11.8 Å². The Morgan fingerprint density at radius 3 is 2.62 bits per heavy atom. The van der Waals surface area contributed by atoms with Crippen molar-refractivity contribution >= 4 is 42.1 Å². The number of benzene rings is 2. The fourth-order valence-corrected chi connectivity index (χ4v) is 4.30. The van der Waals surface area contributed by atoms with Crippen LogP contribution in [0.3, 0.4) is 0 Å². The number of rotatable bonds is 9. The van der Waals surface area contributed by atoms with Crippen molar-refractivity contribution in [1.82, 2.24) is 15.3 Å². The third kappa shape index (κ3) is 5.91. The van der Waals surface area contributed by atoms with Crippen LogP contribution in [0.1, 0.15) is 25.8 Å². The summed E-state index contributed by atoms with van der Waals surface area (Å²) in [6.07, 6.45) is 3.12. The minimum absolute atomic E-state index is 0.0803. The molecule has 0 saturated carbocycles. The Hall–Kier alpha value is -3.26. The molecule has 3 rings (SSSR count). The van der Waals surface area contributed by atoms with Crippen LogP contribution in [0.5, 0.6) is 0 Å². The number of para-hydroxylation sites is 2. The SMILES string of the molecule is CCOP(=O)(O)C(CC)NC(=O)/C=C/c1ccc(Nc2nc3ccccc3[nH]c2=O)cc1. The maximum Gasteiger partial charge on any atom is 0.350 e. The van der Waals surface area contributed by atoms with E-state index < -0.39 is 19.3 Å². The van der Waals surface area contributed by atoms with Crippen LogP contribution in [0.25, 0.3) is 17.1 Å². The second-order valence-corrected chi connectivity index (χ2v) is 8.94. The molecule has 2 aromatic carbocycles. The maximum absolute atomic E-state index is 12.2. The van der Waals surface area contributed by atoms with E-state index in [-0.39, 0.29) is 24.4 Å². The van der Waals surface area contributed by atoms with Gasteiger partial charge in [-0.3, -0.25) is 14.2 Å². The van der Waals surface area contributed by atoms with E-state index in [1.54, 1.807) is 50.3 Å². The molecule has 2 unspecified atom stereocenters. The van der Waals surface area contributed by atoms with Crippen LogP contribution in [0.2, 0.25) is 0 Å². The summed E-state index contributed by atoms with van der Waals surface area (Å²) in [7, 11) is -3.92. The molecule has 4 N–H and O–H groups in total. The minimum Gasteiger partial charge on any atom is -0.338 e. The number of carbonyl (C=O) groups excluding carboxylic acids is 1. The highest BCUT2D eigenvalue weighted by Crippen LogP contribution is 2.47. The Kier molecular flexibility index (Phi) is 7.58. The van der Waals surface area contributed by atoms with Gasteiger partial charge in [-0.05, 0) is 49.2 Å². The second-order valence-electron chi connectivity index (χ2n) is 6.93. The van der Waals surface area contributed by atoms with Gasteiger partial charge in [0.2, 0.25) is 5.91 Å². The summed E-state index contributed by atoms with van der Waals surface area (Å²) in [5.74, 6) is -1.29. The number of nitrogens with zero attached hydrogens (tertiary/aromatic N) is 1. The number of aromatic amines is 1. The first-order valence-corrected chi connectivity index (χ1v) is 11.8. The van der Waals surface area contributed by atoms with Crippen molar-refractivity contribution in [3.8, 4) is 0 Å². The van der Waals surface area contributed by atoms with Crippen LogP contribution in [0, 0.1) is 0 Å². The van der Waals surface area contributed by atoms with E-state index in [1.807, 2.05) is 18.2 Å². The lowest BCUT2D eigenvalue weighted by Gasteiger charge is -2.21. The van der Waals surface area contributed by atoms with Crippen LogP contribution in [0.15, 0.2) is 59.4 Å². The second kappa shape index (κ2) is 10.4. The van der Waals surface area contributed by atoms with E-state index >= 15 is 0 Å². The van der Waals surface area contributed by atoms with Crippen molar-refractivity contribution in [1.29, 1.82) is 0 Å². The first-order valence-electron chi connectivity index (χ1n) is 10.1. The fraction of sp³-hybridized carbons (Fsp3) is 0.227. The molecule has 0 aliphatic heterocycles. The number of H-pyrrole nitrogens is 1. The summed E-state index contributed by atoms with van der Waals surface area (Å²) in [5, 5.41) is 5.49. The van der Waals surface area contributed by atoms with Gasteiger partial charge >= 0.3 is 7.60 Å². The number of aromatic nitrogens is 2. The van der Waals surface area contributed by atoms with E-state index in [4.69, 9.17) is 4.52 Å². The zero-order chi connectivity index (χ0) is 23.1. The molecule has 10 heteroatoms. The van der Waals surface area contributed by atoms with Crippen LogP contribution in [-0.2, 0) is 13.9 Å². The Bertz CT molecular complexity index is 1220. The summed E-state index contributed by atoms with van der Waals surface area (Å²) in [4.78, 5) is 41.4. The Labute approximate surface area is 185 Å². The quantitative estimate of drug-likeness (QED) is 0.285. The molecule has 168 valence electrons. The third-order valence-electron chi connectivity index (χ3n) is 4.60. The first kappa shape index (κ1) is 23.4. The normalized spacial score (nSPS) is 14.2. The van der Waals surface area contributed by atoms with E-state index in [0.717, 1.165) is 5.56 Å². The zero-order valence-electron chi connectivity index (χ0n) is 17.7. The molecular formula is C22H25N4O5P. The first-order chi connectivity index (χ1) is 15.3. The van der Waals surface area contributed by atoms with Gasteiger partial charge in [0.05, 0.1) is 17.6 Å². The van der Waals surface area contributed by atoms with Crippen LogP contribution in [-0.4, -0.2) is 33.2 Å². The predicted molar refractivity (Wildman–Crippen MR) is 125 cm³/mol. The highest BCUT2D eigenvalue weighted by atomic mass is 31.2. The fourth-order valence-electron chi connectivity index (χ4n) is 3.00. The average Bonchev–Trinajstić information content (AvgIpc) is 2.77. The van der Waals surface area contributed by atoms with Crippen molar-refractivity contribution in [2.45, 2.75) is 26.1 Å². The lowest BCUT2D eigenvalue weighted by atomic mass is 10.2. The standard InChI is InChI=1S/C22H25N4O5P/c1-3-20(32(29,30)31-4-2)26-19(27)14-11-15-9-12-16(13-10-15)23-21-22(28)25-18-8-6-5-7-17(18)24-21/h5-14,20H,3-4H2,1-2H3,(H,23,24)(H,25,28)(H,26,27)(H,29,30)/b14-11+. The summed E-state index contributed by atoms with van der Waals surface area (Å²) >= 11 is 0. The summed E-state index contributed by atoms with van der Waals surface area (Å²) in [6, 6.07) is 14.3. The molecule has 0 aliphatic rings. The highest BCUT2D eigenvalue weighted by molar-refractivity contribution is 7.53. The predicted octanol–water partition coefficient (Wildman–Crippen LogP) is 3.75. The smallest absolute Gasteiger partial charge is 0.338 e. The van der Waals surface area contributed by atoms with Crippen LogP contribution < -0.4 is 16.2 Å². The van der Waals surface area contributed by atoms with Crippen molar-refractivity contribution < 1.29 is 18.8 Å². The molecule has 0 bridgehead atoms. The van der Waals surface area contributed by atoms with E-state index in [1.165, 1.54) is 6.08 Å². The lowest BCUT2D eigenvalue weighted by molar-refractivity contribution is -0.116. The van der Waals surface area contributed by atoms with Crippen molar-refractivity contribution in [3.63, 3.8) is 0 Å². The molecule has 32 heavy (non-hydrogen) atoms.